The Bertz CT molecular complexity index is 1240. The highest BCUT2D eigenvalue weighted by molar-refractivity contribution is 5.89. The van der Waals surface area contributed by atoms with E-state index in [0.29, 0.717) is 17.7 Å². The zero-order valence-corrected chi connectivity index (χ0v) is 15.3. The highest BCUT2D eigenvalue weighted by Crippen LogP contribution is 2.64. The summed E-state index contributed by atoms with van der Waals surface area (Å²) in [4.78, 5) is 0. The third-order valence-corrected chi connectivity index (χ3v) is 7.51. The number of aromatic amines is 2. The first kappa shape index (κ1) is 14.9. The van der Waals surface area contributed by atoms with Gasteiger partial charge in [-0.1, -0.05) is 6.07 Å². The Kier molecular flexibility index (Phi) is 2.68. The summed E-state index contributed by atoms with van der Waals surface area (Å²) < 4.78 is 0. The monoisotopic (exact) mass is 371 g/mol. The summed E-state index contributed by atoms with van der Waals surface area (Å²) >= 11 is 0. The first-order valence-electron chi connectivity index (χ1n) is 10.1. The number of H-pyrrole nitrogens is 2. The van der Waals surface area contributed by atoms with Crippen LogP contribution >= 0.6 is 0 Å². The van der Waals surface area contributed by atoms with Crippen LogP contribution < -0.4 is 11.1 Å². The topological polar surface area (TPSA) is 108 Å². The number of benzene rings is 2. The molecular formula is C21H21N7. The Hall–Kier alpha value is -3.09. The van der Waals surface area contributed by atoms with Gasteiger partial charge in [-0.05, 0) is 72.8 Å². The van der Waals surface area contributed by atoms with Crippen molar-refractivity contribution in [2.75, 3.05) is 11.1 Å². The Morgan fingerprint density at radius 3 is 2.89 bits per heavy atom. The smallest absolute Gasteiger partial charge is 0.153 e. The van der Waals surface area contributed by atoms with E-state index in [1.807, 2.05) is 0 Å². The van der Waals surface area contributed by atoms with E-state index in [2.05, 4.69) is 61.3 Å². The largest absolute Gasteiger partial charge is 0.382 e. The third kappa shape index (κ3) is 1.77. The molecule has 0 radical (unpaired) electrons. The van der Waals surface area contributed by atoms with Crippen LogP contribution in [-0.2, 0) is 0 Å². The fourth-order valence-corrected chi connectivity index (χ4v) is 6.45. The van der Waals surface area contributed by atoms with Crippen molar-refractivity contribution >= 4 is 33.4 Å². The average molecular weight is 371 g/mol. The number of rotatable bonds is 1. The van der Waals surface area contributed by atoms with Gasteiger partial charge in [0.2, 0.25) is 0 Å². The van der Waals surface area contributed by atoms with Crippen LogP contribution in [0, 0.1) is 17.8 Å². The highest BCUT2D eigenvalue weighted by atomic mass is 15.3. The first-order chi connectivity index (χ1) is 13.8. The van der Waals surface area contributed by atoms with E-state index in [0.717, 1.165) is 33.8 Å². The van der Waals surface area contributed by atoms with Gasteiger partial charge in [-0.3, -0.25) is 5.10 Å². The molecule has 5 N–H and O–H groups in total. The molecule has 1 aliphatic heterocycles. The fraction of sp³-hybridized carbons (Fsp3) is 0.381. The van der Waals surface area contributed by atoms with Gasteiger partial charge in [-0.25, -0.2) is 0 Å². The highest BCUT2D eigenvalue weighted by Gasteiger charge is 2.54. The van der Waals surface area contributed by atoms with Crippen LogP contribution in [-0.4, -0.2) is 25.6 Å². The van der Waals surface area contributed by atoms with Crippen molar-refractivity contribution in [3.05, 3.63) is 41.5 Å². The molecule has 140 valence electrons. The summed E-state index contributed by atoms with van der Waals surface area (Å²) in [5, 5.41) is 23.7. The molecule has 5 atom stereocenters. The Balaban J connectivity index is 1.44. The average Bonchev–Trinajstić information content (AvgIpc) is 3.51. The van der Waals surface area contributed by atoms with Gasteiger partial charge in [-0.2, -0.15) is 20.5 Å². The van der Waals surface area contributed by atoms with Gasteiger partial charge in [0, 0.05) is 16.6 Å². The lowest BCUT2D eigenvalue weighted by Gasteiger charge is -2.43. The van der Waals surface area contributed by atoms with Crippen molar-refractivity contribution in [3.8, 4) is 0 Å². The second-order valence-electron chi connectivity index (χ2n) is 8.69. The summed E-state index contributed by atoms with van der Waals surface area (Å²) in [6.07, 6.45) is 4.00. The molecule has 7 heteroatoms. The van der Waals surface area contributed by atoms with Crippen molar-refractivity contribution in [1.29, 1.82) is 0 Å². The molecule has 4 aromatic rings. The number of nitrogens with two attached hydrogens (primary N) is 1. The fourth-order valence-electron chi connectivity index (χ4n) is 6.45. The van der Waals surface area contributed by atoms with Crippen molar-refractivity contribution in [1.82, 2.24) is 25.6 Å². The molecule has 0 saturated heterocycles. The molecule has 2 bridgehead atoms. The molecular weight excluding hydrogens is 350 g/mol. The van der Waals surface area contributed by atoms with Crippen LogP contribution in [0.3, 0.4) is 0 Å². The summed E-state index contributed by atoms with van der Waals surface area (Å²) in [6, 6.07) is 11.1. The number of fused-ring (bicyclic) bond motifs is 10. The van der Waals surface area contributed by atoms with Gasteiger partial charge in [-0.15, -0.1) is 0 Å². The van der Waals surface area contributed by atoms with Gasteiger partial charge in [0.05, 0.1) is 11.6 Å². The van der Waals surface area contributed by atoms with E-state index >= 15 is 0 Å². The van der Waals surface area contributed by atoms with Gasteiger partial charge in [0.25, 0.3) is 0 Å². The van der Waals surface area contributed by atoms with E-state index in [1.165, 1.54) is 36.1 Å². The standard InChI is InChI=1S/C21H21N7/c22-21-12-8-11(3-4-13(12)24-27-21)19-17-10-2-1-9(7-10)16(17)18-14(23-19)5-6-15-20(18)26-28-25-15/h3-6,8-10,16-17,19,23H,1-2,7H2,(H3,22,24,27)(H,25,26,28)/t9?,10?,16-,17+,19-/m0/s1. The number of nitrogen functional groups attached to an aromatic ring is 1. The number of nitrogens with zero attached hydrogens (tertiary/aromatic N) is 3. The molecule has 7 rings (SSSR count). The van der Waals surface area contributed by atoms with Crippen molar-refractivity contribution in [2.45, 2.75) is 31.2 Å². The minimum absolute atomic E-state index is 0.288. The predicted octanol–water partition coefficient (Wildman–Crippen LogP) is 3.71. The second kappa shape index (κ2) is 5.04. The molecule has 2 unspecified atom stereocenters. The first-order valence-corrected chi connectivity index (χ1v) is 10.1. The number of hydrogen-bond donors (Lipinski definition) is 4. The molecule has 2 aromatic carbocycles. The summed E-state index contributed by atoms with van der Waals surface area (Å²) in [7, 11) is 0. The van der Waals surface area contributed by atoms with Crippen molar-refractivity contribution in [2.24, 2.45) is 17.8 Å². The zero-order valence-electron chi connectivity index (χ0n) is 15.3. The minimum atomic E-state index is 0.288. The van der Waals surface area contributed by atoms with Gasteiger partial charge in [0.1, 0.15) is 11.0 Å². The maximum atomic E-state index is 6.09. The quantitative estimate of drug-likeness (QED) is 0.408. The molecule has 2 aliphatic carbocycles. The molecule has 0 amide bonds. The lowest BCUT2D eigenvalue weighted by Crippen LogP contribution is -2.35. The summed E-state index contributed by atoms with van der Waals surface area (Å²) in [5.74, 6) is 3.22. The lowest BCUT2D eigenvalue weighted by molar-refractivity contribution is 0.249. The van der Waals surface area contributed by atoms with Crippen LogP contribution in [0.1, 0.15) is 42.3 Å². The molecule has 2 aromatic heterocycles. The van der Waals surface area contributed by atoms with Crippen LogP contribution in [0.25, 0.3) is 21.9 Å². The number of anilines is 2. The third-order valence-electron chi connectivity index (χ3n) is 7.51. The minimum Gasteiger partial charge on any atom is -0.382 e. The van der Waals surface area contributed by atoms with Gasteiger partial charge in [0.15, 0.2) is 5.82 Å². The lowest BCUT2D eigenvalue weighted by atomic mass is 9.67. The number of aromatic nitrogens is 5. The van der Waals surface area contributed by atoms with Crippen LogP contribution in [0.4, 0.5) is 11.5 Å². The summed E-state index contributed by atoms with van der Waals surface area (Å²) in [5.41, 5.74) is 13.0. The van der Waals surface area contributed by atoms with E-state index in [-0.39, 0.29) is 6.04 Å². The molecule has 2 saturated carbocycles. The molecule has 28 heavy (non-hydrogen) atoms. The SMILES string of the molecule is Nc1n[nH]c2ccc([C@@H]3Nc4ccc5n[nH]nc5c4[C@H]4C5CCC(C5)[C@@H]34)cc12. The van der Waals surface area contributed by atoms with E-state index in [1.54, 1.807) is 0 Å². The normalized spacial score (nSPS) is 30.5. The summed E-state index contributed by atoms with van der Waals surface area (Å²) in [6.45, 7) is 0. The molecule has 0 spiro atoms. The molecule has 2 fully saturated rings. The maximum absolute atomic E-state index is 6.09. The van der Waals surface area contributed by atoms with E-state index < -0.39 is 0 Å². The van der Waals surface area contributed by atoms with Crippen LogP contribution in [0.15, 0.2) is 30.3 Å². The van der Waals surface area contributed by atoms with Gasteiger partial charge < -0.3 is 11.1 Å². The van der Waals surface area contributed by atoms with Crippen LogP contribution in [0.5, 0.6) is 0 Å². The Morgan fingerprint density at radius 2 is 1.93 bits per heavy atom. The van der Waals surface area contributed by atoms with Gasteiger partial charge >= 0.3 is 0 Å². The van der Waals surface area contributed by atoms with Crippen LogP contribution in [0.2, 0.25) is 0 Å². The zero-order chi connectivity index (χ0) is 18.4. The van der Waals surface area contributed by atoms with Crippen molar-refractivity contribution < 1.29 is 0 Å². The van der Waals surface area contributed by atoms with Crippen molar-refractivity contribution in [3.63, 3.8) is 0 Å². The molecule has 3 heterocycles. The number of hydrogen-bond acceptors (Lipinski definition) is 5. The maximum Gasteiger partial charge on any atom is 0.153 e. The Morgan fingerprint density at radius 1 is 1.00 bits per heavy atom. The second-order valence-corrected chi connectivity index (χ2v) is 8.69. The predicted molar refractivity (Wildman–Crippen MR) is 108 cm³/mol. The number of nitrogens with one attached hydrogen (secondary N) is 3. The molecule has 7 nitrogen and oxygen atoms in total. The Labute approximate surface area is 161 Å². The molecule has 3 aliphatic rings. The van der Waals surface area contributed by atoms with E-state index in [4.69, 9.17) is 5.73 Å². The van der Waals surface area contributed by atoms with E-state index in [9.17, 15) is 0 Å².